The number of ether oxygens (including phenoxy) is 2. The van der Waals surface area contributed by atoms with Crippen molar-refractivity contribution in [2.45, 2.75) is 0 Å². The number of benzene rings is 2. The molecule has 0 spiro atoms. The third kappa shape index (κ3) is 4.35. The summed E-state index contributed by atoms with van der Waals surface area (Å²) in [6.45, 7) is 3.67. The average molecular weight is 280 g/mol. The fourth-order valence-electron chi connectivity index (χ4n) is 1.70. The maximum atomic E-state index is 11.7. The Kier molecular flexibility index (Phi) is 4.94. The summed E-state index contributed by atoms with van der Waals surface area (Å²) in [4.78, 5) is 11.7. The van der Waals surface area contributed by atoms with Gasteiger partial charge in [0.25, 0.3) is 0 Å². The monoisotopic (exact) mass is 280 g/mol. The van der Waals surface area contributed by atoms with E-state index in [-0.39, 0.29) is 0 Å². The molecule has 21 heavy (non-hydrogen) atoms. The normalized spacial score (nSPS) is 10.3. The minimum absolute atomic E-state index is 0.419. The van der Waals surface area contributed by atoms with Crippen LogP contribution in [0, 0.1) is 0 Å². The molecule has 0 atom stereocenters. The third-order valence-corrected chi connectivity index (χ3v) is 2.86. The molecule has 0 N–H and O–H groups in total. The average Bonchev–Trinajstić information content (AvgIpc) is 2.54. The van der Waals surface area contributed by atoms with Crippen LogP contribution in [0.5, 0.6) is 11.5 Å². The zero-order valence-corrected chi connectivity index (χ0v) is 11.8. The molecule has 0 amide bonds. The predicted octanol–water partition coefficient (Wildman–Crippen LogP) is 3.96. The summed E-state index contributed by atoms with van der Waals surface area (Å²) in [5.74, 6) is 0.860. The molecule has 2 rings (SSSR count). The van der Waals surface area contributed by atoms with E-state index in [4.69, 9.17) is 9.47 Å². The number of methoxy groups -OCH3 is 1. The zero-order valence-electron chi connectivity index (χ0n) is 11.8. The van der Waals surface area contributed by atoms with Crippen LogP contribution in [-0.4, -0.2) is 13.1 Å². The van der Waals surface area contributed by atoms with Crippen LogP contribution in [0.4, 0.5) is 0 Å². The fraction of sp³-hybridized carbons (Fsp3) is 0.0556. The molecule has 0 aliphatic heterocycles. The summed E-state index contributed by atoms with van der Waals surface area (Å²) in [5.41, 5.74) is 1.87. The van der Waals surface area contributed by atoms with Gasteiger partial charge in [-0.2, -0.15) is 0 Å². The molecule has 0 aromatic heterocycles. The van der Waals surface area contributed by atoms with Gasteiger partial charge >= 0.3 is 5.97 Å². The summed E-state index contributed by atoms with van der Waals surface area (Å²) in [5, 5.41) is 0. The summed E-state index contributed by atoms with van der Waals surface area (Å²) in [6, 6.07) is 14.5. The lowest BCUT2D eigenvalue weighted by molar-refractivity contribution is -0.128. The van der Waals surface area contributed by atoms with Crippen LogP contribution in [-0.2, 0) is 4.79 Å². The summed E-state index contributed by atoms with van der Waals surface area (Å²) in [6.07, 6.45) is 4.82. The molecule has 106 valence electrons. The summed E-state index contributed by atoms with van der Waals surface area (Å²) < 4.78 is 10.3. The van der Waals surface area contributed by atoms with Crippen molar-refractivity contribution in [3.63, 3.8) is 0 Å². The highest BCUT2D eigenvalue weighted by molar-refractivity contribution is 5.88. The highest BCUT2D eigenvalue weighted by Gasteiger charge is 2.00. The van der Waals surface area contributed by atoms with E-state index in [9.17, 15) is 4.79 Å². The van der Waals surface area contributed by atoms with Crippen LogP contribution >= 0.6 is 0 Å². The second-order valence-corrected chi connectivity index (χ2v) is 4.30. The fourth-order valence-corrected chi connectivity index (χ4v) is 1.70. The minimum Gasteiger partial charge on any atom is -0.497 e. The van der Waals surface area contributed by atoms with E-state index in [1.807, 2.05) is 36.4 Å². The van der Waals surface area contributed by atoms with Gasteiger partial charge in [-0.25, -0.2) is 4.79 Å². The topological polar surface area (TPSA) is 35.5 Å². The van der Waals surface area contributed by atoms with E-state index in [1.165, 1.54) is 6.08 Å². The van der Waals surface area contributed by atoms with Crippen LogP contribution in [0.2, 0.25) is 0 Å². The Hall–Kier alpha value is -2.81. The maximum Gasteiger partial charge on any atom is 0.336 e. The smallest absolute Gasteiger partial charge is 0.336 e. The van der Waals surface area contributed by atoms with Crippen molar-refractivity contribution in [1.82, 2.24) is 0 Å². The van der Waals surface area contributed by atoms with Crippen molar-refractivity contribution < 1.29 is 14.3 Å². The van der Waals surface area contributed by atoms with E-state index in [0.29, 0.717) is 5.75 Å². The Labute approximate surface area is 124 Å². The molecule has 3 nitrogen and oxygen atoms in total. The number of carbonyl (C=O) groups is 1. The molecule has 3 heteroatoms. The quantitative estimate of drug-likeness (QED) is 0.472. The molecule has 0 bridgehead atoms. The minimum atomic E-state index is -0.419. The highest BCUT2D eigenvalue weighted by atomic mass is 16.5. The number of rotatable bonds is 5. The van der Waals surface area contributed by atoms with Gasteiger partial charge in [0, 0.05) is 6.08 Å². The molecule has 0 saturated heterocycles. The lowest BCUT2D eigenvalue weighted by Gasteiger charge is -2.02. The molecule has 0 aliphatic carbocycles. The number of hydrogen-bond donors (Lipinski definition) is 0. The van der Waals surface area contributed by atoms with Gasteiger partial charge in [0.05, 0.1) is 7.11 Å². The van der Waals surface area contributed by atoms with Crippen LogP contribution in [0.3, 0.4) is 0 Å². The largest absolute Gasteiger partial charge is 0.497 e. The van der Waals surface area contributed by atoms with Crippen molar-refractivity contribution in [1.29, 1.82) is 0 Å². The molecule has 0 aliphatic rings. The van der Waals surface area contributed by atoms with E-state index in [0.717, 1.165) is 16.9 Å². The summed E-state index contributed by atoms with van der Waals surface area (Å²) in [7, 11) is 1.61. The lowest BCUT2D eigenvalue weighted by atomic mass is 10.2. The molecular weight excluding hydrogens is 264 g/mol. The van der Waals surface area contributed by atoms with Crippen molar-refractivity contribution in [2.24, 2.45) is 0 Å². The molecule has 2 aromatic rings. The van der Waals surface area contributed by atoms with E-state index >= 15 is 0 Å². The van der Waals surface area contributed by atoms with Crippen LogP contribution in [0.15, 0.2) is 61.2 Å². The van der Waals surface area contributed by atoms with Gasteiger partial charge in [0.2, 0.25) is 0 Å². The zero-order chi connectivity index (χ0) is 15.1. The van der Waals surface area contributed by atoms with Gasteiger partial charge in [-0.15, -0.1) is 0 Å². The van der Waals surface area contributed by atoms with E-state index < -0.39 is 5.97 Å². The van der Waals surface area contributed by atoms with Gasteiger partial charge in [-0.05, 0) is 41.5 Å². The number of carbonyl (C=O) groups excluding carboxylic acids is 1. The first-order chi connectivity index (χ1) is 10.2. The second kappa shape index (κ2) is 7.10. The maximum absolute atomic E-state index is 11.7. The van der Waals surface area contributed by atoms with Crippen LogP contribution < -0.4 is 9.47 Å². The Balaban J connectivity index is 1.96. The Morgan fingerprint density at radius 3 is 2.10 bits per heavy atom. The van der Waals surface area contributed by atoms with Crippen LogP contribution in [0.1, 0.15) is 11.1 Å². The number of esters is 1. The van der Waals surface area contributed by atoms with E-state index in [1.54, 1.807) is 31.4 Å². The van der Waals surface area contributed by atoms with Crippen molar-refractivity contribution in [3.8, 4) is 11.5 Å². The third-order valence-electron chi connectivity index (χ3n) is 2.86. The van der Waals surface area contributed by atoms with E-state index in [2.05, 4.69) is 6.58 Å². The second-order valence-electron chi connectivity index (χ2n) is 4.30. The molecule has 0 fully saturated rings. The van der Waals surface area contributed by atoms with Gasteiger partial charge in [-0.3, -0.25) is 0 Å². The molecule has 0 heterocycles. The van der Waals surface area contributed by atoms with Crippen LogP contribution in [0.25, 0.3) is 12.2 Å². The highest BCUT2D eigenvalue weighted by Crippen LogP contribution is 2.14. The Morgan fingerprint density at radius 2 is 1.52 bits per heavy atom. The summed E-state index contributed by atoms with van der Waals surface area (Å²) >= 11 is 0. The SMILES string of the molecule is C=Cc1ccc(OC(=O)/C=C/c2ccc(OC)cc2)cc1. The first-order valence-electron chi connectivity index (χ1n) is 6.48. The van der Waals surface area contributed by atoms with Gasteiger partial charge in [-0.1, -0.05) is 36.9 Å². The van der Waals surface area contributed by atoms with Crippen molar-refractivity contribution >= 4 is 18.1 Å². The van der Waals surface area contributed by atoms with Crippen molar-refractivity contribution in [2.75, 3.05) is 7.11 Å². The first-order valence-corrected chi connectivity index (χ1v) is 6.48. The van der Waals surface area contributed by atoms with Gasteiger partial charge in [0.1, 0.15) is 11.5 Å². The molecular formula is C18H16O3. The molecule has 0 radical (unpaired) electrons. The van der Waals surface area contributed by atoms with Gasteiger partial charge in [0.15, 0.2) is 0 Å². The first kappa shape index (κ1) is 14.6. The Morgan fingerprint density at radius 1 is 0.952 bits per heavy atom. The molecule has 2 aromatic carbocycles. The Bertz CT molecular complexity index is 637. The molecule has 0 saturated carbocycles. The lowest BCUT2D eigenvalue weighted by Crippen LogP contribution is -2.03. The predicted molar refractivity (Wildman–Crippen MR) is 84.2 cm³/mol. The number of hydrogen-bond acceptors (Lipinski definition) is 3. The van der Waals surface area contributed by atoms with Gasteiger partial charge < -0.3 is 9.47 Å². The standard InChI is InChI=1S/C18H16O3/c1-3-14-4-11-17(12-5-14)21-18(19)13-8-15-6-9-16(20-2)10-7-15/h3-13H,1H2,2H3/b13-8+. The molecule has 0 unspecified atom stereocenters. The van der Waals surface area contributed by atoms with Crippen molar-refractivity contribution in [3.05, 3.63) is 72.3 Å².